The molecule has 0 aliphatic heterocycles. The monoisotopic (exact) mass is 278 g/mol. The zero-order valence-corrected chi connectivity index (χ0v) is 13.2. The van der Waals surface area contributed by atoms with Crippen molar-refractivity contribution < 1.29 is 4.79 Å². The predicted molar refractivity (Wildman–Crippen MR) is 81.1 cm³/mol. The van der Waals surface area contributed by atoms with Crippen LogP contribution in [0.1, 0.15) is 65.7 Å². The van der Waals surface area contributed by atoms with Crippen LogP contribution >= 0.6 is 0 Å². The molecule has 4 fully saturated rings. The van der Waals surface area contributed by atoms with Crippen molar-refractivity contribution in [2.75, 3.05) is 0 Å². The van der Waals surface area contributed by atoms with Gasteiger partial charge in [-0.3, -0.25) is 4.79 Å². The third-order valence-corrected chi connectivity index (χ3v) is 6.60. The summed E-state index contributed by atoms with van der Waals surface area (Å²) >= 11 is 0. The van der Waals surface area contributed by atoms with E-state index in [-0.39, 0.29) is 11.9 Å². The number of hydrogen-bond acceptors (Lipinski definition) is 2. The number of amides is 1. The van der Waals surface area contributed by atoms with Crippen LogP contribution in [0.15, 0.2) is 0 Å². The molecule has 4 aliphatic carbocycles. The van der Waals surface area contributed by atoms with Crippen LogP contribution in [0.4, 0.5) is 0 Å². The summed E-state index contributed by atoms with van der Waals surface area (Å²) in [6.45, 7) is 6.04. The highest BCUT2D eigenvalue weighted by molar-refractivity contribution is 5.85. The van der Waals surface area contributed by atoms with Gasteiger partial charge in [-0.15, -0.1) is 0 Å². The molecule has 4 aliphatic rings. The van der Waals surface area contributed by atoms with Crippen LogP contribution in [0.2, 0.25) is 0 Å². The molecule has 2 atom stereocenters. The summed E-state index contributed by atoms with van der Waals surface area (Å²) in [7, 11) is 0. The fraction of sp³-hybridized carbons (Fsp3) is 0.941. The zero-order chi connectivity index (χ0) is 14.5. The van der Waals surface area contributed by atoms with Crippen molar-refractivity contribution >= 4 is 5.91 Å². The van der Waals surface area contributed by atoms with Crippen molar-refractivity contribution in [3.63, 3.8) is 0 Å². The fourth-order valence-electron chi connectivity index (χ4n) is 5.38. The molecular weight excluding hydrogens is 248 g/mol. The van der Waals surface area contributed by atoms with Gasteiger partial charge in [0.25, 0.3) is 0 Å². The standard InChI is InChI=1S/C17H30N2O/c1-4-16(3,18)15(20)19-11(2)17-8-12-5-13(9-17)7-14(6-12)10-17/h11-14H,4-10,18H2,1-3H3,(H,19,20). The Balaban J connectivity index is 1.71. The lowest BCUT2D eigenvalue weighted by molar-refractivity contribution is -0.130. The number of carbonyl (C=O) groups excluding carboxylic acids is 1. The van der Waals surface area contributed by atoms with Gasteiger partial charge >= 0.3 is 0 Å². The Kier molecular flexibility index (Phi) is 3.39. The van der Waals surface area contributed by atoms with Gasteiger partial charge in [-0.2, -0.15) is 0 Å². The number of nitrogens with two attached hydrogens (primary N) is 1. The molecule has 2 unspecified atom stereocenters. The van der Waals surface area contributed by atoms with Gasteiger partial charge < -0.3 is 11.1 Å². The van der Waals surface area contributed by atoms with E-state index in [1.54, 1.807) is 0 Å². The molecule has 4 saturated carbocycles. The maximum Gasteiger partial charge on any atom is 0.240 e. The molecule has 0 saturated heterocycles. The summed E-state index contributed by atoms with van der Waals surface area (Å²) in [5.74, 6) is 2.81. The third kappa shape index (κ3) is 2.28. The Morgan fingerprint density at radius 2 is 1.70 bits per heavy atom. The van der Waals surface area contributed by atoms with Crippen molar-refractivity contribution in [1.82, 2.24) is 5.32 Å². The molecule has 1 amide bonds. The van der Waals surface area contributed by atoms with Crippen LogP contribution in [-0.4, -0.2) is 17.5 Å². The van der Waals surface area contributed by atoms with Crippen molar-refractivity contribution in [3.8, 4) is 0 Å². The summed E-state index contributed by atoms with van der Waals surface area (Å²) in [5, 5.41) is 3.26. The van der Waals surface area contributed by atoms with Gasteiger partial charge in [0.1, 0.15) is 0 Å². The number of hydrogen-bond donors (Lipinski definition) is 2. The Labute approximate surface area is 123 Å². The highest BCUT2D eigenvalue weighted by atomic mass is 16.2. The highest BCUT2D eigenvalue weighted by Gasteiger charge is 2.53. The van der Waals surface area contributed by atoms with Crippen molar-refractivity contribution in [2.45, 2.75) is 77.3 Å². The van der Waals surface area contributed by atoms with Gasteiger partial charge in [-0.1, -0.05) is 6.92 Å². The summed E-state index contributed by atoms with van der Waals surface area (Å²) in [6, 6.07) is 0.276. The average Bonchev–Trinajstić information content (AvgIpc) is 2.36. The molecule has 4 rings (SSSR count). The maximum atomic E-state index is 12.4. The van der Waals surface area contributed by atoms with Crippen LogP contribution in [0.5, 0.6) is 0 Å². The molecule has 20 heavy (non-hydrogen) atoms. The molecule has 0 spiro atoms. The lowest BCUT2D eigenvalue weighted by Gasteiger charge is -2.59. The SMILES string of the molecule is CCC(C)(N)C(=O)NC(C)C12CC3CC(CC(C3)C1)C2. The van der Waals surface area contributed by atoms with E-state index in [2.05, 4.69) is 12.2 Å². The topological polar surface area (TPSA) is 55.1 Å². The molecule has 3 heteroatoms. The van der Waals surface area contributed by atoms with E-state index in [4.69, 9.17) is 5.73 Å². The smallest absolute Gasteiger partial charge is 0.240 e. The quantitative estimate of drug-likeness (QED) is 0.831. The first-order valence-corrected chi connectivity index (χ1v) is 8.44. The normalized spacial score (nSPS) is 43.1. The lowest BCUT2D eigenvalue weighted by atomic mass is 9.48. The van der Waals surface area contributed by atoms with E-state index in [1.165, 1.54) is 38.5 Å². The van der Waals surface area contributed by atoms with Crippen LogP contribution in [0.25, 0.3) is 0 Å². The molecule has 0 heterocycles. The van der Waals surface area contributed by atoms with E-state index in [1.807, 2.05) is 13.8 Å². The maximum absolute atomic E-state index is 12.4. The Morgan fingerprint density at radius 3 is 2.10 bits per heavy atom. The minimum atomic E-state index is -0.726. The largest absolute Gasteiger partial charge is 0.352 e. The van der Waals surface area contributed by atoms with Crippen LogP contribution in [0.3, 0.4) is 0 Å². The Hall–Kier alpha value is -0.570. The van der Waals surface area contributed by atoms with E-state index in [0.717, 1.165) is 17.8 Å². The summed E-state index contributed by atoms with van der Waals surface area (Å²) in [6.07, 6.45) is 9.01. The minimum absolute atomic E-state index is 0.0308. The summed E-state index contributed by atoms with van der Waals surface area (Å²) in [4.78, 5) is 12.4. The molecule has 0 aromatic rings. The molecule has 3 N–H and O–H groups in total. The van der Waals surface area contributed by atoms with Crippen LogP contribution in [0, 0.1) is 23.2 Å². The average molecular weight is 278 g/mol. The first-order valence-electron chi connectivity index (χ1n) is 8.44. The molecule has 0 radical (unpaired) electrons. The second-order valence-corrected chi connectivity index (χ2v) is 8.25. The second-order valence-electron chi connectivity index (χ2n) is 8.25. The Bertz CT molecular complexity index is 367. The van der Waals surface area contributed by atoms with Gasteiger partial charge in [0.15, 0.2) is 0 Å². The summed E-state index contributed by atoms with van der Waals surface area (Å²) < 4.78 is 0. The molecule has 3 nitrogen and oxygen atoms in total. The molecule has 4 bridgehead atoms. The van der Waals surface area contributed by atoms with Gasteiger partial charge in [-0.05, 0) is 82.0 Å². The number of nitrogens with one attached hydrogen (secondary N) is 1. The Morgan fingerprint density at radius 1 is 1.25 bits per heavy atom. The highest BCUT2D eigenvalue weighted by Crippen LogP contribution is 2.61. The molecular formula is C17H30N2O. The molecule has 0 aromatic carbocycles. The van der Waals surface area contributed by atoms with Crippen molar-refractivity contribution in [2.24, 2.45) is 28.9 Å². The second kappa shape index (κ2) is 4.72. The van der Waals surface area contributed by atoms with Crippen LogP contribution in [-0.2, 0) is 4.79 Å². The van der Waals surface area contributed by atoms with E-state index in [9.17, 15) is 4.79 Å². The van der Waals surface area contributed by atoms with E-state index >= 15 is 0 Å². The van der Waals surface area contributed by atoms with Crippen LogP contribution < -0.4 is 11.1 Å². The number of rotatable bonds is 4. The number of carbonyl (C=O) groups is 1. The van der Waals surface area contributed by atoms with Crippen molar-refractivity contribution in [1.29, 1.82) is 0 Å². The first-order chi connectivity index (χ1) is 9.34. The fourth-order valence-corrected chi connectivity index (χ4v) is 5.38. The van der Waals surface area contributed by atoms with Crippen molar-refractivity contribution in [3.05, 3.63) is 0 Å². The van der Waals surface area contributed by atoms with Gasteiger partial charge in [0.2, 0.25) is 5.91 Å². The van der Waals surface area contributed by atoms with E-state index in [0.29, 0.717) is 11.8 Å². The van der Waals surface area contributed by atoms with Gasteiger partial charge in [0.05, 0.1) is 5.54 Å². The molecule has 0 aromatic heterocycles. The minimum Gasteiger partial charge on any atom is -0.352 e. The third-order valence-electron chi connectivity index (χ3n) is 6.60. The van der Waals surface area contributed by atoms with Gasteiger partial charge in [0, 0.05) is 6.04 Å². The first kappa shape index (κ1) is 14.4. The predicted octanol–water partition coefficient (Wildman–Crippen LogP) is 2.83. The molecule has 114 valence electrons. The van der Waals surface area contributed by atoms with E-state index < -0.39 is 5.54 Å². The lowest BCUT2D eigenvalue weighted by Crippen LogP contribution is -2.60. The summed E-state index contributed by atoms with van der Waals surface area (Å²) in [5.41, 5.74) is 5.73. The zero-order valence-electron chi connectivity index (χ0n) is 13.2. The van der Waals surface area contributed by atoms with Gasteiger partial charge in [-0.25, -0.2) is 0 Å².